The average Bonchev–Trinajstić information content (AvgIpc) is 2.18. The highest BCUT2D eigenvalue weighted by atomic mass is 14.5. The zero-order chi connectivity index (χ0) is 10.6. The second-order valence-corrected chi connectivity index (χ2v) is 4.21. The minimum Gasteiger partial charge on any atom is -0.405 e. The zero-order valence-electron chi connectivity index (χ0n) is 9.09. The molecular formula is C13H19N. The lowest BCUT2D eigenvalue weighted by Gasteiger charge is -2.32. The van der Waals surface area contributed by atoms with E-state index in [0.717, 1.165) is 12.8 Å². The Morgan fingerprint density at radius 3 is 3.00 bits per heavy atom. The van der Waals surface area contributed by atoms with E-state index < -0.39 is 0 Å². The van der Waals surface area contributed by atoms with Gasteiger partial charge in [0.25, 0.3) is 0 Å². The molecule has 0 aliphatic heterocycles. The number of allylic oxidation sites excluding steroid dienone is 6. The van der Waals surface area contributed by atoms with E-state index in [1.54, 1.807) is 6.20 Å². The first-order valence-corrected chi connectivity index (χ1v) is 4.99. The topological polar surface area (TPSA) is 26.0 Å². The number of rotatable bonds is 3. The minimum absolute atomic E-state index is 0.177. The fourth-order valence-electron chi connectivity index (χ4n) is 1.98. The summed E-state index contributed by atoms with van der Waals surface area (Å²) in [6, 6.07) is 0. The highest BCUT2D eigenvalue weighted by Crippen LogP contribution is 2.40. The van der Waals surface area contributed by atoms with Crippen LogP contribution in [0.15, 0.2) is 48.2 Å². The molecule has 0 heterocycles. The quantitative estimate of drug-likeness (QED) is 0.724. The molecule has 1 aliphatic rings. The molecule has 0 amide bonds. The van der Waals surface area contributed by atoms with Gasteiger partial charge in [-0.1, -0.05) is 43.4 Å². The average molecular weight is 189 g/mol. The van der Waals surface area contributed by atoms with Gasteiger partial charge in [-0.2, -0.15) is 0 Å². The third-order valence-corrected chi connectivity index (χ3v) is 2.85. The summed E-state index contributed by atoms with van der Waals surface area (Å²) >= 11 is 0. The van der Waals surface area contributed by atoms with E-state index >= 15 is 0 Å². The Morgan fingerprint density at radius 2 is 2.43 bits per heavy atom. The van der Waals surface area contributed by atoms with Crippen LogP contribution < -0.4 is 5.73 Å². The summed E-state index contributed by atoms with van der Waals surface area (Å²) in [6.07, 6.45) is 12.2. The molecular weight excluding hydrogens is 170 g/mol. The third kappa shape index (κ3) is 2.16. The van der Waals surface area contributed by atoms with Gasteiger partial charge in [0.15, 0.2) is 0 Å². The molecule has 14 heavy (non-hydrogen) atoms. The molecule has 0 saturated heterocycles. The van der Waals surface area contributed by atoms with Crippen LogP contribution in [0.4, 0.5) is 0 Å². The van der Waals surface area contributed by atoms with Crippen LogP contribution in [-0.2, 0) is 0 Å². The van der Waals surface area contributed by atoms with Gasteiger partial charge in [-0.05, 0) is 37.0 Å². The summed E-state index contributed by atoms with van der Waals surface area (Å²) in [5.41, 5.74) is 8.23. The van der Waals surface area contributed by atoms with Crippen molar-refractivity contribution in [2.75, 3.05) is 0 Å². The lowest BCUT2D eigenvalue weighted by atomic mass is 9.72. The Balaban J connectivity index is 2.88. The summed E-state index contributed by atoms with van der Waals surface area (Å²) in [5.74, 6) is 0. The van der Waals surface area contributed by atoms with Gasteiger partial charge in [0.2, 0.25) is 0 Å². The van der Waals surface area contributed by atoms with Gasteiger partial charge in [0, 0.05) is 0 Å². The minimum atomic E-state index is 0.177. The molecule has 1 atom stereocenters. The molecule has 0 spiro atoms. The Morgan fingerprint density at radius 1 is 1.71 bits per heavy atom. The van der Waals surface area contributed by atoms with E-state index in [9.17, 15) is 0 Å². The van der Waals surface area contributed by atoms with Crippen LogP contribution in [0, 0.1) is 5.41 Å². The number of hydrogen-bond acceptors (Lipinski definition) is 1. The second kappa shape index (κ2) is 4.32. The summed E-state index contributed by atoms with van der Waals surface area (Å²) in [5, 5.41) is 0. The molecule has 0 aromatic carbocycles. The van der Waals surface area contributed by atoms with Crippen molar-refractivity contribution in [3.63, 3.8) is 0 Å². The summed E-state index contributed by atoms with van der Waals surface area (Å²) < 4.78 is 0. The maximum atomic E-state index is 5.51. The van der Waals surface area contributed by atoms with E-state index in [1.165, 1.54) is 11.1 Å². The fourth-order valence-corrected chi connectivity index (χ4v) is 1.98. The first-order chi connectivity index (χ1) is 6.62. The van der Waals surface area contributed by atoms with Crippen LogP contribution in [0.1, 0.15) is 26.7 Å². The van der Waals surface area contributed by atoms with E-state index in [1.807, 2.05) is 6.08 Å². The van der Waals surface area contributed by atoms with Gasteiger partial charge in [-0.25, -0.2) is 0 Å². The van der Waals surface area contributed by atoms with E-state index in [4.69, 9.17) is 5.73 Å². The molecule has 0 radical (unpaired) electrons. The Labute approximate surface area is 86.7 Å². The molecule has 0 aromatic rings. The van der Waals surface area contributed by atoms with Gasteiger partial charge in [-0.3, -0.25) is 0 Å². The van der Waals surface area contributed by atoms with Crippen molar-refractivity contribution in [3.05, 3.63) is 48.2 Å². The summed E-state index contributed by atoms with van der Waals surface area (Å²) in [4.78, 5) is 0. The van der Waals surface area contributed by atoms with E-state index in [-0.39, 0.29) is 5.41 Å². The van der Waals surface area contributed by atoms with Crippen LogP contribution in [0.25, 0.3) is 0 Å². The highest BCUT2D eigenvalue weighted by molar-refractivity contribution is 5.34. The third-order valence-electron chi connectivity index (χ3n) is 2.85. The highest BCUT2D eigenvalue weighted by Gasteiger charge is 2.27. The van der Waals surface area contributed by atoms with Crippen molar-refractivity contribution in [3.8, 4) is 0 Å². The zero-order valence-corrected chi connectivity index (χ0v) is 9.09. The van der Waals surface area contributed by atoms with Gasteiger partial charge < -0.3 is 5.73 Å². The predicted octanol–water partition coefficient (Wildman–Crippen LogP) is 3.32. The van der Waals surface area contributed by atoms with Crippen molar-refractivity contribution < 1.29 is 0 Å². The lowest BCUT2D eigenvalue weighted by Crippen LogP contribution is -2.20. The van der Waals surface area contributed by atoms with Gasteiger partial charge in [0.05, 0.1) is 0 Å². The fraction of sp³-hybridized carbons (Fsp3) is 0.385. The standard InChI is InChI=1S/C13H19N/c1-4-12-7-5-6-8-13(12,3)9-11(2)10-14/h4-7,10H,1,8-9,14H2,2-3H3/b11-10+. The molecule has 1 nitrogen and oxygen atoms in total. The van der Waals surface area contributed by atoms with Crippen molar-refractivity contribution in [1.29, 1.82) is 0 Å². The second-order valence-electron chi connectivity index (χ2n) is 4.21. The number of hydrogen-bond donors (Lipinski definition) is 1. The van der Waals surface area contributed by atoms with Crippen molar-refractivity contribution >= 4 is 0 Å². The Hall–Kier alpha value is -1.24. The molecule has 1 unspecified atom stereocenters. The van der Waals surface area contributed by atoms with Crippen LogP contribution in [0.3, 0.4) is 0 Å². The van der Waals surface area contributed by atoms with Crippen molar-refractivity contribution in [2.45, 2.75) is 26.7 Å². The van der Waals surface area contributed by atoms with Crippen molar-refractivity contribution in [1.82, 2.24) is 0 Å². The van der Waals surface area contributed by atoms with Crippen LogP contribution >= 0.6 is 0 Å². The van der Waals surface area contributed by atoms with Gasteiger partial charge in [0.1, 0.15) is 0 Å². The monoisotopic (exact) mass is 189 g/mol. The molecule has 0 fully saturated rings. The van der Waals surface area contributed by atoms with Crippen LogP contribution in [-0.4, -0.2) is 0 Å². The van der Waals surface area contributed by atoms with Crippen LogP contribution in [0.5, 0.6) is 0 Å². The molecule has 76 valence electrons. The van der Waals surface area contributed by atoms with Crippen molar-refractivity contribution in [2.24, 2.45) is 11.1 Å². The first-order valence-electron chi connectivity index (χ1n) is 4.99. The lowest BCUT2D eigenvalue weighted by molar-refractivity contribution is 0.404. The maximum Gasteiger partial charge on any atom is -0.000330 e. The number of nitrogens with two attached hydrogens (primary N) is 1. The molecule has 0 bridgehead atoms. The van der Waals surface area contributed by atoms with E-state index in [2.05, 4.69) is 38.7 Å². The molecule has 1 heteroatoms. The molecule has 0 saturated carbocycles. The smallest absolute Gasteiger partial charge is 0.000330 e. The Kier molecular flexibility index (Phi) is 3.34. The predicted molar refractivity (Wildman–Crippen MR) is 62.7 cm³/mol. The summed E-state index contributed by atoms with van der Waals surface area (Å²) in [7, 11) is 0. The first kappa shape index (κ1) is 10.8. The Bertz CT molecular complexity index is 307. The maximum absolute atomic E-state index is 5.51. The van der Waals surface area contributed by atoms with Gasteiger partial charge in [-0.15, -0.1) is 0 Å². The van der Waals surface area contributed by atoms with E-state index in [0.29, 0.717) is 0 Å². The van der Waals surface area contributed by atoms with Crippen LogP contribution in [0.2, 0.25) is 0 Å². The largest absolute Gasteiger partial charge is 0.405 e. The van der Waals surface area contributed by atoms with Gasteiger partial charge >= 0.3 is 0 Å². The normalized spacial score (nSPS) is 27.3. The molecule has 1 aliphatic carbocycles. The molecule has 0 aromatic heterocycles. The summed E-state index contributed by atoms with van der Waals surface area (Å²) in [6.45, 7) is 8.19. The molecule has 1 rings (SSSR count). The SMILES string of the molecule is C=CC1=CC=CCC1(C)C/C(C)=C/N. The molecule has 2 N–H and O–H groups in total.